The van der Waals surface area contributed by atoms with Gasteiger partial charge in [-0.25, -0.2) is 0 Å². The van der Waals surface area contributed by atoms with E-state index >= 15 is 0 Å². The second-order valence-electron chi connectivity index (χ2n) is 7.16. The zero-order valence-electron chi connectivity index (χ0n) is 14.2. The molecule has 25 heavy (non-hydrogen) atoms. The zero-order valence-corrected chi connectivity index (χ0v) is 14.2. The van der Waals surface area contributed by atoms with E-state index in [9.17, 15) is 9.59 Å². The molecule has 3 aliphatic rings. The molecule has 1 aromatic carbocycles. The van der Waals surface area contributed by atoms with Crippen LogP contribution in [0.4, 0.5) is 0 Å². The summed E-state index contributed by atoms with van der Waals surface area (Å²) in [6.07, 6.45) is 3.86. The highest BCUT2D eigenvalue weighted by Gasteiger charge is 2.36. The van der Waals surface area contributed by atoms with Crippen molar-refractivity contribution < 1.29 is 4.79 Å². The Morgan fingerprint density at radius 3 is 2.64 bits per heavy atom. The van der Waals surface area contributed by atoms with Crippen molar-refractivity contribution in [2.75, 3.05) is 19.6 Å². The molecule has 0 saturated carbocycles. The number of rotatable bonds is 3. The van der Waals surface area contributed by atoms with Crippen LogP contribution in [0.5, 0.6) is 0 Å². The maximum atomic E-state index is 12.8. The summed E-state index contributed by atoms with van der Waals surface area (Å²) in [6.45, 7) is 3.57. The molecule has 2 bridgehead atoms. The quantitative estimate of drug-likeness (QED) is 0.933. The Labute approximate surface area is 147 Å². The lowest BCUT2D eigenvalue weighted by Crippen LogP contribution is -2.43. The number of aromatic nitrogens is 1. The number of amides is 1. The van der Waals surface area contributed by atoms with Crippen LogP contribution >= 0.6 is 0 Å². The third-order valence-electron chi connectivity index (χ3n) is 5.37. The van der Waals surface area contributed by atoms with Gasteiger partial charge in [0.1, 0.15) is 0 Å². The molecule has 0 unspecified atom stereocenters. The fourth-order valence-corrected chi connectivity index (χ4v) is 4.08. The highest BCUT2D eigenvalue weighted by molar-refractivity contribution is 5.93. The van der Waals surface area contributed by atoms with E-state index in [-0.39, 0.29) is 11.5 Å². The van der Waals surface area contributed by atoms with Gasteiger partial charge in [-0.1, -0.05) is 30.3 Å². The van der Waals surface area contributed by atoms with Gasteiger partial charge in [0, 0.05) is 44.5 Å². The number of fused-ring (bicyclic) bond motifs is 4. The molecular formula is C20H23N3O2. The Morgan fingerprint density at radius 1 is 1.04 bits per heavy atom. The van der Waals surface area contributed by atoms with Gasteiger partial charge in [0.15, 0.2) is 0 Å². The van der Waals surface area contributed by atoms with E-state index in [1.165, 1.54) is 24.2 Å². The van der Waals surface area contributed by atoms with E-state index in [4.69, 9.17) is 0 Å². The van der Waals surface area contributed by atoms with E-state index in [0.29, 0.717) is 17.5 Å². The molecule has 3 fully saturated rings. The number of H-pyrrole nitrogens is 1. The lowest BCUT2D eigenvalue weighted by atomic mass is 9.94. The van der Waals surface area contributed by atoms with Crippen LogP contribution < -0.4 is 5.56 Å². The van der Waals surface area contributed by atoms with Gasteiger partial charge in [0.2, 0.25) is 5.56 Å². The Bertz CT molecular complexity index is 782. The highest BCUT2D eigenvalue weighted by atomic mass is 16.2. The molecule has 2 atom stereocenters. The predicted molar refractivity (Wildman–Crippen MR) is 96.3 cm³/mol. The second-order valence-corrected chi connectivity index (χ2v) is 7.16. The van der Waals surface area contributed by atoms with E-state index in [0.717, 1.165) is 32.6 Å². The molecule has 5 rings (SSSR count). The number of carbonyl (C=O) groups excluding carboxylic acids is 1. The predicted octanol–water partition coefficient (Wildman–Crippen LogP) is 2.11. The van der Waals surface area contributed by atoms with Crippen molar-refractivity contribution >= 4 is 5.91 Å². The largest absolute Gasteiger partial charge is 0.337 e. The summed E-state index contributed by atoms with van der Waals surface area (Å²) in [5.41, 5.74) is 1.71. The van der Waals surface area contributed by atoms with Gasteiger partial charge in [0.05, 0.1) is 5.56 Å². The summed E-state index contributed by atoms with van der Waals surface area (Å²) in [7, 11) is 0. The SMILES string of the molecule is O=C(c1ccc(=O)[nH]c1)N1C[C@H]2CC[C@@H](C1)N(Cc1ccccc1)C2. The van der Waals surface area contributed by atoms with Gasteiger partial charge in [-0.3, -0.25) is 14.5 Å². The number of benzene rings is 1. The Morgan fingerprint density at radius 2 is 1.88 bits per heavy atom. The second kappa shape index (κ2) is 6.84. The Balaban J connectivity index is 1.50. The minimum atomic E-state index is -0.179. The Hall–Kier alpha value is -2.40. The third kappa shape index (κ3) is 3.51. The van der Waals surface area contributed by atoms with Crippen LogP contribution in [0, 0.1) is 5.92 Å². The van der Waals surface area contributed by atoms with Crippen molar-refractivity contribution in [3.05, 3.63) is 70.1 Å². The lowest BCUT2D eigenvalue weighted by Gasteiger charge is -2.36. The molecule has 5 nitrogen and oxygen atoms in total. The van der Waals surface area contributed by atoms with Gasteiger partial charge < -0.3 is 9.88 Å². The van der Waals surface area contributed by atoms with Crippen LogP contribution in [0.3, 0.4) is 0 Å². The fourth-order valence-electron chi connectivity index (χ4n) is 4.08. The molecule has 4 heterocycles. The van der Waals surface area contributed by atoms with Crippen LogP contribution in [0.15, 0.2) is 53.5 Å². The summed E-state index contributed by atoms with van der Waals surface area (Å²) in [6, 6.07) is 14.0. The number of pyridine rings is 1. The summed E-state index contributed by atoms with van der Waals surface area (Å²) < 4.78 is 0. The molecule has 3 aliphatic heterocycles. The van der Waals surface area contributed by atoms with Crippen LogP contribution in [0.1, 0.15) is 28.8 Å². The zero-order chi connectivity index (χ0) is 17.2. The molecule has 5 heteroatoms. The number of carbonyl (C=O) groups is 1. The standard InChI is InChI=1S/C20H23N3O2/c24-19-9-7-17(10-21-19)20(25)23-13-16-6-8-18(14-23)22(12-16)11-15-4-2-1-3-5-15/h1-5,7,9-10,16,18H,6,8,11-14H2,(H,21,24)/t16-,18-/m0/s1. The van der Waals surface area contributed by atoms with E-state index in [1.807, 2.05) is 11.0 Å². The number of hydrogen-bond donors (Lipinski definition) is 1. The first kappa shape index (κ1) is 16.1. The van der Waals surface area contributed by atoms with Crippen LogP contribution in [-0.2, 0) is 6.54 Å². The number of nitrogens with zero attached hydrogens (tertiary/aromatic N) is 2. The topological polar surface area (TPSA) is 56.4 Å². The van der Waals surface area contributed by atoms with Crippen molar-refractivity contribution in [1.29, 1.82) is 0 Å². The van der Waals surface area contributed by atoms with Gasteiger partial charge in [-0.05, 0) is 30.4 Å². The first-order valence-electron chi connectivity index (χ1n) is 8.95. The van der Waals surface area contributed by atoms with Gasteiger partial charge in [-0.15, -0.1) is 0 Å². The van der Waals surface area contributed by atoms with Crippen molar-refractivity contribution in [2.24, 2.45) is 5.92 Å². The van der Waals surface area contributed by atoms with Crippen molar-refractivity contribution in [2.45, 2.75) is 25.4 Å². The minimum Gasteiger partial charge on any atom is -0.337 e. The van der Waals surface area contributed by atoms with E-state index < -0.39 is 0 Å². The maximum Gasteiger partial charge on any atom is 0.255 e. The molecule has 0 spiro atoms. The summed E-state index contributed by atoms with van der Waals surface area (Å²) in [5, 5.41) is 0. The average Bonchev–Trinajstić information content (AvgIpc) is 2.94. The Kier molecular flexibility index (Phi) is 4.40. The highest BCUT2D eigenvalue weighted by Crippen LogP contribution is 2.29. The molecule has 0 aliphatic carbocycles. The first-order valence-corrected chi connectivity index (χ1v) is 8.95. The lowest BCUT2D eigenvalue weighted by molar-refractivity contribution is 0.0735. The number of piperidine rings is 1. The fraction of sp³-hybridized carbons (Fsp3) is 0.400. The summed E-state index contributed by atoms with van der Waals surface area (Å²) >= 11 is 0. The van der Waals surface area contributed by atoms with E-state index in [2.05, 4.69) is 34.1 Å². The van der Waals surface area contributed by atoms with E-state index in [1.54, 1.807) is 6.07 Å². The molecule has 0 radical (unpaired) electrons. The van der Waals surface area contributed by atoms with Crippen LogP contribution in [-0.4, -0.2) is 46.4 Å². The average molecular weight is 337 g/mol. The number of nitrogens with one attached hydrogen (secondary N) is 1. The molecule has 3 saturated heterocycles. The molecule has 130 valence electrons. The normalized spacial score (nSPS) is 23.4. The van der Waals surface area contributed by atoms with Crippen molar-refractivity contribution in [1.82, 2.24) is 14.8 Å². The molecular weight excluding hydrogens is 314 g/mol. The minimum absolute atomic E-state index is 0.0229. The molecule has 2 aromatic rings. The summed E-state index contributed by atoms with van der Waals surface area (Å²) in [5.74, 6) is 0.545. The third-order valence-corrected chi connectivity index (χ3v) is 5.37. The van der Waals surface area contributed by atoms with Crippen LogP contribution in [0.2, 0.25) is 0 Å². The van der Waals surface area contributed by atoms with Gasteiger partial charge in [0.25, 0.3) is 5.91 Å². The summed E-state index contributed by atoms with van der Waals surface area (Å²) in [4.78, 5) is 31.2. The first-order chi connectivity index (χ1) is 12.2. The molecule has 1 aromatic heterocycles. The monoisotopic (exact) mass is 337 g/mol. The number of aromatic amines is 1. The number of hydrogen-bond acceptors (Lipinski definition) is 3. The molecule has 1 amide bonds. The van der Waals surface area contributed by atoms with Gasteiger partial charge >= 0.3 is 0 Å². The maximum absolute atomic E-state index is 12.8. The smallest absolute Gasteiger partial charge is 0.255 e. The molecule has 1 N–H and O–H groups in total. The van der Waals surface area contributed by atoms with Crippen molar-refractivity contribution in [3.8, 4) is 0 Å². The van der Waals surface area contributed by atoms with Crippen LogP contribution in [0.25, 0.3) is 0 Å². The van der Waals surface area contributed by atoms with Crippen molar-refractivity contribution in [3.63, 3.8) is 0 Å². The van der Waals surface area contributed by atoms with Gasteiger partial charge in [-0.2, -0.15) is 0 Å².